The van der Waals surface area contributed by atoms with Crippen molar-refractivity contribution in [1.29, 1.82) is 0 Å². The van der Waals surface area contributed by atoms with Gasteiger partial charge in [0.2, 0.25) is 5.91 Å². The number of fused-ring (bicyclic) bond motifs is 1. The van der Waals surface area contributed by atoms with Gasteiger partial charge in [-0.1, -0.05) is 43.7 Å². The second kappa shape index (κ2) is 9.59. The van der Waals surface area contributed by atoms with E-state index in [1.165, 1.54) is 12.5 Å². The number of carbonyl (C=O) groups excluding carboxylic acids is 2. The van der Waals surface area contributed by atoms with Crippen LogP contribution in [0, 0.1) is 6.92 Å². The first-order valence-electron chi connectivity index (χ1n) is 11.2. The topological polar surface area (TPSA) is 89.8 Å². The van der Waals surface area contributed by atoms with Crippen LogP contribution in [-0.4, -0.2) is 38.0 Å². The van der Waals surface area contributed by atoms with Crippen LogP contribution >= 0.6 is 0 Å². The third-order valence-electron chi connectivity index (χ3n) is 5.89. The van der Waals surface area contributed by atoms with Crippen molar-refractivity contribution in [3.05, 3.63) is 41.9 Å². The second-order valence-electron chi connectivity index (χ2n) is 9.18. The van der Waals surface area contributed by atoms with Crippen LogP contribution in [0.4, 0.5) is 0 Å². The number of hydrogen-bond donors (Lipinski definition) is 1. The molecule has 0 bridgehead atoms. The summed E-state index contributed by atoms with van der Waals surface area (Å²) in [5.41, 5.74) is 4.26. The Morgan fingerprint density at radius 3 is 2.44 bits per heavy atom. The van der Waals surface area contributed by atoms with Crippen LogP contribution in [0.15, 0.2) is 30.6 Å². The first-order valence-corrected chi connectivity index (χ1v) is 11.2. The third kappa shape index (κ3) is 5.03. The van der Waals surface area contributed by atoms with Crippen LogP contribution in [0.25, 0.3) is 22.3 Å². The first kappa shape index (κ1) is 23.6. The molecule has 0 radical (unpaired) electrons. The van der Waals surface area contributed by atoms with Crippen molar-refractivity contribution in [2.45, 2.75) is 72.3 Å². The molecule has 0 aliphatic heterocycles. The minimum atomic E-state index is -0.534. The summed E-state index contributed by atoms with van der Waals surface area (Å²) in [5.74, 6) is 0.129. The van der Waals surface area contributed by atoms with Crippen molar-refractivity contribution in [2.75, 3.05) is 6.54 Å². The lowest BCUT2D eigenvalue weighted by molar-refractivity contribution is -0.124. The van der Waals surface area contributed by atoms with Crippen LogP contribution in [-0.2, 0) is 15.1 Å². The van der Waals surface area contributed by atoms with Gasteiger partial charge in [0.05, 0.1) is 16.6 Å². The average Bonchev–Trinajstić information content (AvgIpc) is 3.17. The van der Waals surface area contributed by atoms with E-state index < -0.39 is 5.54 Å². The molecule has 32 heavy (non-hydrogen) atoms. The van der Waals surface area contributed by atoms with Crippen LogP contribution < -0.4 is 5.32 Å². The molecule has 0 aliphatic rings. The van der Waals surface area contributed by atoms with E-state index in [1.807, 2.05) is 18.5 Å². The quantitative estimate of drug-likeness (QED) is 0.533. The van der Waals surface area contributed by atoms with Gasteiger partial charge in [-0.2, -0.15) is 5.10 Å². The molecule has 3 aromatic rings. The van der Waals surface area contributed by atoms with Gasteiger partial charge in [0.15, 0.2) is 5.65 Å². The molecular formula is C25H33N5O2. The molecule has 3 rings (SSSR count). The summed E-state index contributed by atoms with van der Waals surface area (Å²) in [4.78, 5) is 32.6. The van der Waals surface area contributed by atoms with Crippen LogP contribution in [0.2, 0.25) is 0 Å². The highest BCUT2D eigenvalue weighted by Crippen LogP contribution is 2.35. The molecule has 0 saturated carbocycles. The molecule has 1 aromatic carbocycles. The van der Waals surface area contributed by atoms with Gasteiger partial charge in [-0.15, -0.1) is 0 Å². The summed E-state index contributed by atoms with van der Waals surface area (Å²) in [6, 6.07) is 8.30. The fourth-order valence-electron chi connectivity index (χ4n) is 3.64. The number of aryl methyl sites for hydroxylation is 1. The fraction of sp³-hybridized carbons (Fsp3) is 0.480. The Balaban J connectivity index is 2.06. The average molecular weight is 436 g/mol. The third-order valence-corrected chi connectivity index (χ3v) is 5.89. The van der Waals surface area contributed by atoms with Gasteiger partial charge >= 0.3 is 0 Å². The molecule has 0 aliphatic carbocycles. The van der Waals surface area contributed by atoms with Gasteiger partial charge in [-0.3, -0.25) is 4.79 Å². The smallest absolute Gasteiger partial charge is 0.220 e. The normalized spacial score (nSPS) is 12.7. The summed E-state index contributed by atoms with van der Waals surface area (Å²) in [6.45, 7) is 12.3. The SMILES string of the molecule is CCC(C)c1ncnc2c1c(-c1ccc(C)cc1)nn2C(C)(C)CNC(=O)CCC(C)=O. The van der Waals surface area contributed by atoms with Gasteiger partial charge in [-0.25, -0.2) is 14.6 Å². The maximum Gasteiger partial charge on any atom is 0.220 e. The standard InChI is InChI=1S/C25H33N5O2/c1-7-17(3)22-21-23(19-11-8-16(2)9-12-19)29-30(24(21)28-15-27-22)25(5,6)14-26-20(32)13-10-18(4)31/h8-9,11-12,15,17H,7,10,13-14H2,1-6H3,(H,26,32). The molecule has 1 atom stereocenters. The summed E-state index contributed by atoms with van der Waals surface area (Å²) >= 11 is 0. The monoisotopic (exact) mass is 435 g/mol. The van der Waals surface area contributed by atoms with Crippen molar-refractivity contribution < 1.29 is 9.59 Å². The summed E-state index contributed by atoms with van der Waals surface area (Å²) < 4.78 is 1.90. The zero-order valence-electron chi connectivity index (χ0n) is 19.9. The number of Topliss-reactive ketones (excluding diaryl/α,β-unsaturated/α-hetero) is 1. The number of amides is 1. The predicted molar refractivity (Wildman–Crippen MR) is 126 cm³/mol. The molecule has 0 saturated heterocycles. The highest BCUT2D eigenvalue weighted by molar-refractivity contribution is 5.93. The number of rotatable bonds is 9. The van der Waals surface area contributed by atoms with E-state index in [-0.39, 0.29) is 30.4 Å². The lowest BCUT2D eigenvalue weighted by atomic mass is 9.98. The lowest BCUT2D eigenvalue weighted by Crippen LogP contribution is -2.41. The number of ketones is 1. The Hall–Kier alpha value is -3.09. The predicted octanol–water partition coefficient (Wildman–Crippen LogP) is 4.54. The van der Waals surface area contributed by atoms with Crippen LogP contribution in [0.3, 0.4) is 0 Å². The zero-order valence-corrected chi connectivity index (χ0v) is 19.9. The number of nitrogens with zero attached hydrogens (tertiary/aromatic N) is 4. The number of hydrogen-bond acceptors (Lipinski definition) is 5. The number of carbonyl (C=O) groups is 2. The molecule has 1 N–H and O–H groups in total. The molecule has 1 amide bonds. The molecule has 2 aromatic heterocycles. The van der Waals surface area contributed by atoms with Crippen molar-refractivity contribution in [3.8, 4) is 11.3 Å². The van der Waals surface area contributed by atoms with Gasteiger partial charge in [-0.05, 0) is 40.0 Å². The van der Waals surface area contributed by atoms with E-state index in [1.54, 1.807) is 6.33 Å². The van der Waals surface area contributed by atoms with E-state index in [2.05, 4.69) is 60.3 Å². The summed E-state index contributed by atoms with van der Waals surface area (Å²) in [6.07, 6.45) is 3.00. The molecule has 0 fully saturated rings. The fourth-order valence-corrected chi connectivity index (χ4v) is 3.64. The maximum atomic E-state index is 12.2. The molecule has 7 nitrogen and oxygen atoms in total. The minimum absolute atomic E-state index is 0.00879. The number of benzene rings is 1. The Labute approximate surface area is 189 Å². The van der Waals surface area contributed by atoms with Gasteiger partial charge < -0.3 is 10.1 Å². The molecule has 0 spiro atoms. The number of aromatic nitrogens is 4. The van der Waals surface area contributed by atoms with Crippen molar-refractivity contribution in [3.63, 3.8) is 0 Å². The minimum Gasteiger partial charge on any atom is -0.354 e. The second-order valence-corrected chi connectivity index (χ2v) is 9.18. The molecule has 2 heterocycles. The van der Waals surface area contributed by atoms with Gasteiger partial charge in [0, 0.05) is 24.9 Å². The van der Waals surface area contributed by atoms with Gasteiger partial charge in [0.25, 0.3) is 0 Å². The Bertz CT molecular complexity index is 1120. The van der Waals surface area contributed by atoms with Crippen LogP contribution in [0.5, 0.6) is 0 Å². The van der Waals surface area contributed by atoms with E-state index in [9.17, 15) is 9.59 Å². The summed E-state index contributed by atoms with van der Waals surface area (Å²) in [7, 11) is 0. The van der Waals surface area contributed by atoms with E-state index >= 15 is 0 Å². The Kier molecular flexibility index (Phi) is 7.06. The summed E-state index contributed by atoms with van der Waals surface area (Å²) in [5, 5.41) is 8.91. The van der Waals surface area contributed by atoms with E-state index in [0.29, 0.717) is 6.54 Å². The molecule has 7 heteroatoms. The lowest BCUT2D eigenvalue weighted by Gasteiger charge is -2.26. The maximum absolute atomic E-state index is 12.2. The zero-order chi connectivity index (χ0) is 23.5. The number of nitrogens with one attached hydrogen (secondary N) is 1. The van der Waals surface area contributed by atoms with Gasteiger partial charge in [0.1, 0.15) is 17.8 Å². The van der Waals surface area contributed by atoms with Crippen molar-refractivity contribution in [1.82, 2.24) is 25.1 Å². The van der Waals surface area contributed by atoms with E-state index in [0.717, 1.165) is 34.4 Å². The van der Waals surface area contributed by atoms with Crippen molar-refractivity contribution >= 4 is 22.7 Å². The van der Waals surface area contributed by atoms with Crippen LogP contribution in [0.1, 0.15) is 71.1 Å². The highest BCUT2D eigenvalue weighted by Gasteiger charge is 2.29. The highest BCUT2D eigenvalue weighted by atomic mass is 16.2. The Morgan fingerprint density at radius 1 is 1.12 bits per heavy atom. The largest absolute Gasteiger partial charge is 0.354 e. The Morgan fingerprint density at radius 2 is 1.81 bits per heavy atom. The molecule has 1 unspecified atom stereocenters. The first-order chi connectivity index (χ1) is 15.1. The molecule has 170 valence electrons. The van der Waals surface area contributed by atoms with Crippen molar-refractivity contribution in [2.24, 2.45) is 0 Å². The molecular weight excluding hydrogens is 402 g/mol. The van der Waals surface area contributed by atoms with E-state index in [4.69, 9.17) is 5.10 Å².